The second-order valence-electron chi connectivity index (χ2n) is 3.86. The van der Waals surface area contributed by atoms with Crippen LogP contribution in [0, 0.1) is 0 Å². The first-order valence-electron chi connectivity index (χ1n) is 6.14. The maximum absolute atomic E-state index is 5.16. The summed E-state index contributed by atoms with van der Waals surface area (Å²) in [6.45, 7) is 6.29. The topological polar surface area (TPSA) is 34.1 Å². The van der Waals surface area contributed by atoms with E-state index in [1.165, 1.54) is 0 Å². The first-order valence-corrected chi connectivity index (χ1v) is 6.14. The molecule has 4 heteroatoms. The lowest BCUT2D eigenvalue weighted by Gasteiger charge is -2.24. The molecule has 0 radical (unpaired) electrons. The van der Waals surface area contributed by atoms with Crippen LogP contribution in [0.3, 0.4) is 0 Å². The largest absolute Gasteiger partial charge is 0.497 e. The van der Waals surface area contributed by atoms with Gasteiger partial charge in [0, 0.05) is 25.9 Å². The first kappa shape index (κ1) is 14.5. The van der Waals surface area contributed by atoms with Crippen LogP contribution in [0.5, 0.6) is 5.75 Å². The predicted octanol–water partition coefficient (Wildman–Crippen LogP) is 2.59. The molecule has 0 bridgehead atoms. The average Bonchev–Trinajstić information content (AvgIpc) is 2.40. The molecule has 100 valence electrons. The number of anilines is 1. The zero-order valence-corrected chi connectivity index (χ0v) is 11.6. The molecule has 18 heavy (non-hydrogen) atoms. The monoisotopic (exact) mass is 250 g/mol. The van der Waals surface area contributed by atoms with E-state index in [0.29, 0.717) is 6.61 Å². The quantitative estimate of drug-likeness (QED) is 0.575. The predicted molar refractivity (Wildman–Crippen MR) is 75.9 cm³/mol. The molecule has 0 spiro atoms. The zero-order valence-electron chi connectivity index (χ0n) is 11.6. The van der Waals surface area contributed by atoms with Crippen LogP contribution < -0.4 is 9.64 Å². The summed E-state index contributed by atoms with van der Waals surface area (Å²) in [5.41, 5.74) is 1.10. The molecule has 0 atom stereocenters. The first-order chi connectivity index (χ1) is 8.72. The summed E-state index contributed by atoms with van der Waals surface area (Å²) in [6.07, 6.45) is 0. The van der Waals surface area contributed by atoms with Crippen LogP contribution in [0.25, 0.3) is 0 Å². The van der Waals surface area contributed by atoms with Gasteiger partial charge in [-0.1, -0.05) is 0 Å². The fraction of sp³-hybridized carbons (Fsp3) is 0.500. The van der Waals surface area contributed by atoms with Gasteiger partial charge in [-0.25, -0.2) is 0 Å². The van der Waals surface area contributed by atoms with Gasteiger partial charge < -0.3 is 14.4 Å². The summed E-state index contributed by atoms with van der Waals surface area (Å²) >= 11 is 0. The molecule has 0 unspecified atom stereocenters. The number of aliphatic imine (C=N–C) groups is 1. The number of methoxy groups -OCH3 is 2. The molecule has 0 amide bonds. The lowest BCUT2D eigenvalue weighted by atomic mass is 10.2. The summed E-state index contributed by atoms with van der Waals surface area (Å²) in [6, 6.07) is 7.97. The van der Waals surface area contributed by atoms with Gasteiger partial charge in [0.1, 0.15) is 11.6 Å². The Balaban J connectivity index is 2.89. The SMILES string of the molecule is CC/N=C(/C)N(CCOC)c1ccc(OC)cc1. The van der Waals surface area contributed by atoms with Gasteiger partial charge in [0.2, 0.25) is 0 Å². The molecule has 0 fully saturated rings. The van der Waals surface area contributed by atoms with Crippen LogP contribution in [-0.2, 0) is 4.74 Å². The van der Waals surface area contributed by atoms with E-state index in [0.717, 1.165) is 30.4 Å². The third-order valence-electron chi connectivity index (χ3n) is 2.68. The number of benzene rings is 1. The number of hydrogen-bond acceptors (Lipinski definition) is 3. The Morgan fingerprint density at radius 1 is 1.22 bits per heavy atom. The van der Waals surface area contributed by atoms with Crippen molar-refractivity contribution < 1.29 is 9.47 Å². The van der Waals surface area contributed by atoms with Crippen molar-refractivity contribution in [2.75, 3.05) is 38.8 Å². The van der Waals surface area contributed by atoms with Gasteiger partial charge >= 0.3 is 0 Å². The third kappa shape index (κ3) is 4.04. The highest BCUT2D eigenvalue weighted by molar-refractivity contribution is 5.96. The van der Waals surface area contributed by atoms with E-state index in [-0.39, 0.29) is 0 Å². The van der Waals surface area contributed by atoms with Gasteiger partial charge in [0.15, 0.2) is 0 Å². The van der Waals surface area contributed by atoms with Crippen molar-refractivity contribution in [2.24, 2.45) is 4.99 Å². The van der Waals surface area contributed by atoms with Crippen molar-refractivity contribution in [1.82, 2.24) is 0 Å². The summed E-state index contributed by atoms with van der Waals surface area (Å²) in [7, 11) is 3.37. The van der Waals surface area contributed by atoms with E-state index in [2.05, 4.69) is 9.89 Å². The molecule has 4 nitrogen and oxygen atoms in total. The Bertz CT molecular complexity index is 374. The lowest BCUT2D eigenvalue weighted by Crippen LogP contribution is -2.32. The van der Waals surface area contributed by atoms with Crippen molar-refractivity contribution in [3.8, 4) is 5.75 Å². The average molecular weight is 250 g/mol. The van der Waals surface area contributed by atoms with Crippen LogP contribution in [-0.4, -0.2) is 39.8 Å². The number of amidine groups is 1. The molecule has 0 saturated carbocycles. The highest BCUT2D eigenvalue weighted by Gasteiger charge is 2.09. The number of nitrogens with zero attached hydrogens (tertiary/aromatic N) is 2. The molecule has 0 aliphatic heterocycles. The Morgan fingerprint density at radius 3 is 2.39 bits per heavy atom. The second-order valence-corrected chi connectivity index (χ2v) is 3.86. The molecule has 1 rings (SSSR count). The molecule has 0 aromatic heterocycles. The van der Waals surface area contributed by atoms with Crippen LogP contribution in [0.1, 0.15) is 13.8 Å². The summed E-state index contributed by atoms with van der Waals surface area (Å²) in [4.78, 5) is 6.60. The van der Waals surface area contributed by atoms with Crippen molar-refractivity contribution in [3.63, 3.8) is 0 Å². The molecule has 0 N–H and O–H groups in total. The molecular weight excluding hydrogens is 228 g/mol. The normalized spacial score (nSPS) is 11.4. The minimum absolute atomic E-state index is 0.669. The number of hydrogen-bond donors (Lipinski definition) is 0. The van der Waals surface area contributed by atoms with E-state index >= 15 is 0 Å². The summed E-state index contributed by atoms with van der Waals surface area (Å²) < 4.78 is 10.3. The smallest absolute Gasteiger partial charge is 0.119 e. The lowest BCUT2D eigenvalue weighted by molar-refractivity contribution is 0.208. The van der Waals surface area contributed by atoms with E-state index in [4.69, 9.17) is 9.47 Å². The minimum atomic E-state index is 0.669. The summed E-state index contributed by atoms with van der Waals surface area (Å²) in [5.74, 6) is 1.86. The van der Waals surface area contributed by atoms with E-state index in [9.17, 15) is 0 Å². The fourth-order valence-electron chi connectivity index (χ4n) is 1.74. The molecular formula is C14H22N2O2. The maximum Gasteiger partial charge on any atom is 0.119 e. The standard InChI is InChI=1S/C14H22N2O2/c1-5-15-12(2)16(10-11-17-3)13-6-8-14(18-4)9-7-13/h6-9H,5,10-11H2,1-4H3/b15-12-. The molecule has 1 aromatic carbocycles. The van der Waals surface area contributed by atoms with Gasteiger partial charge in [0.05, 0.1) is 13.7 Å². The zero-order chi connectivity index (χ0) is 13.4. The Labute approximate surface area is 109 Å². The minimum Gasteiger partial charge on any atom is -0.497 e. The van der Waals surface area contributed by atoms with E-state index in [1.54, 1.807) is 14.2 Å². The van der Waals surface area contributed by atoms with Crippen molar-refractivity contribution in [2.45, 2.75) is 13.8 Å². The van der Waals surface area contributed by atoms with Crippen molar-refractivity contribution in [1.29, 1.82) is 0 Å². The number of rotatable bonds is 6. The van der Waals surface area contributed by atoms with Gasteiger partial charge in [0.25, 0.3) is 0 Å². The Hall–Kier alpha value is -1.55. The van der Waals surface area contributed by atoms with Gasteiger partial charge in [-0.15, -0.1) is 0 Å². The molecule has 0 heterocycles. The van der Waals surface area contributed by atoms with E-state index in [1.807, 2.05) is 38.1 Å². The highest BCUT2D eigenvalue weighted by Crippen LogP contribution is 2.19. The summed E-state index contributed by atoms with van der Waals surface area (Å²) in [5, 5.41) is 0. The molecule has 0 aliphatic rings. The number of ether oxygens (including phenoxy) is 2. The van der Waals surface area contributed by atoms with E-state index < -0.39 is 0 Å². The van der Waals surface area contributed by atoms with Gasteiger partial charge in [-0.05, 0) is 38.1 Å². The Kier molecular flexibility index (Phi) is 6.22. The third-order valence-corrected chi connectivity index (χ3v) is 2.68. The van der Waals surface area contributed by atoms with Crippen LogP contribution >= 0.6 is 0 Å². The van der Waals surface area contributed by atoms with Crippen LogP contribution in [0.4, 0.5) is 5.69 Å². The van der Waals surface area contributed by atoms with Gasteiger partial charge in [-0.2, -0.15) is 0 Å². The van der Waals surface area contributed by atoms with Crippen molar-refractivity contribution >= 4 is 11.5 Å². The Morgan fingerprint density at radius 2 is 1.89 bits per heavy atom. The van der Waals surface area contributed by atoms with Crippen LogP contribution in [0.15, 0.2) is 29.3 Å². The fourth-order valence-corrected chi connectivity index (χ4v) is 1.74. The maximum atomic E-state index is 5.16. The van der Waals surface area contributed by atoms with Gasteiger partial charge in [-0.3, -0.25) is 4.99 Å². The highest BCUT2D eigenvalue weighted by atomic mass is 16.5. The second kappa shape index (κ2) is 7.71. The molecule has 0 aliphatic carbocycles. The molecule has 1 aromatic rings. The van der Waals surface area contributed by atoms with Crippen molar-refractivity contribution in [3.05, 3.63) is 24.3 Å². The molecule has 0 saturated heterocycles. The van der Waals surface area contributed by atoms with Crippen LogP contribution in [0.2, 0.25) is 0 Å².